The number of hydrogen-bond acceptors (Lipinski definition) is 10. The van der Waals surface area contributed by atoms with Crippen molar-refractivity contribution in [2.24, 2.45) is 0 Å². The van der Waals surface area contributed by atoms with E-state index in [4.69, 9.17) is 27.1 Å². The lowest BCUT2D eigenvalue weighted by Crippen LogP contribution is -1.84. The molecule has 0 aliphatic rings. The normalized spacial score (nSPS) is 11.2. The highest BCUT2D eigenvalue weighted by atomic mass is 16.3. The first-order valence-corrected chi connectivity index (χ1v) is 32.0. The van der Waals surface area contributed by atoms with Gasteiger partial charge >= 0.3 is 0 Å². The Kier molecular flexibility index (Phi) is 15.9. The van der Waals surface area contributed by atoms with Crippen LogP contribution in [-0.2, 0) is 0 Å². The quantitative estimate of drug-likeness (QED) is 0.164. The van der Waals surface area contributed by atoms with E-state index in [0.717, 1.165) is 127 Å². The molecular weight excluding hydrogens is 1190 g/mol. The molecular formula is C87H59N5O5. The smallest absolute Gasteiger partial charge is 0.227 e. The first-order valence-electron chi connectivity index (χ1n) is 32.0. The summed E-state index contributed by atoms with van der Waals surface area (Å²) in [4.78, 5) is 21.9. The van der Waals surface area contributed by atoms with E-state index < -0.39 is 0 Å². The van der Waals surface area contributed by atoms with Gasteiger partial charge in [-0.3, -0.25) is 15.0 Å². The molecule has 0 saturated carbocycles. The molecule has 20 rings (SSSR count). The topological polar surface area (TPSA) is 130 Å². The van der Waals surface area contributed by atoms with Gasteiger partial charge in [-0.05, 0) is 156 Å². The van der Waals surface area contributed by atoms with Crippen LogP contribution in [0.1, 0.15) is 11.1 Å². The van der Waals surface area contributed by atoms with Gasteiger partial charge in [-0.1, -0.05) is 193 Å². The Hall–Kier alpha value is -13.1. The van der Waals surface area contributed by atoms with Crippen LogP contribution in [0.15, 0.2) is 344 Å². The lowest BCUT2D eigenvalue weighted by molar-refractivity contribution is 0.654. The fraction of sp³-hybridized carbons (Fsp3) is 0.0230. The highest BCUT2D eigenvalue weighted by molar-refractivity contribution is 6.08. The van der Waals surface area contributed by atoms with Crippen molar-refractivity contribution in [2.45, 2.75) is 13.8 Å². The number of furan rings is 5. The molecule has 0 radical (unpaired) electrons. The monoisotopic (exact) mass is 1250 g/mol. The fourth-order valence-corrected chi connectivity index (χ4v) is 12.4. The lowest BCUT2D eigenvalue weighted by Gasteiger charge is -2.02. The summed E-state index contributed by atoms with van der Waals surface area (Å²) in [7, 11) is 0. The number of aromatic nitrogens is 5. The molecule has 10 aromatic heterocycles. The lowest BCUT2D eigenvalue weighted by atomic mass is 10.0. The molecule has 0 atom stereocenters. The van der Waals surface area contributed by atoms with Crippen molar-refractivity contribution < 1.29 is 22.1 Å². The van der Waals surface area contributed by atoms with Crippen molar-refractivity contribution in [1.29, 1.82) is 0 Å². The van der Waals surface area contributed by atoms with E-state index in [9.17, 15) is 0 Å². The minimum absolute atomic E-state index is 0.697. The van der Waals surface area contributed by atoms with Crippen molar-refractivity contribution in [3.8, 4) is 55.8 Å². The zero-order valence-corrected chi connectivity index (χ0v) is 52.9. The van der Waals surface area contributed by atoms with Crippen LogP contribution in [0.2, 0.25) is 0 Å². The molecule has 0 amide bonds. The predicted octanol–water partition coefficient (Wildman–Crippen LogP) is 23.9. The van der Waals surface area contributed by atoms with Gasteiger partial charge in [0.05, 0.1) is 11.9 Å². The second kappa shape index (κ2) is 26.2. The van der Waals surface area contributed by atoms with Gasteiger partial charge in [-0.25, -0.2) is 9.97 Å². The minimum atomic E-state index is 0.697. The van der Waals surface area contributed by atoms with Crippen LogP contribution in [0, 0.1) is 13.8 Å². The largest absolute Gasteiger partial charge is 0.456 e. The number of hydrogen-bond donors (Lipinski definition) is 0. The maximum atomic E-state index is 5.87. The molecule has 10 heterocycles. The number of pyridine rings is 5. The van der Waals surface area contributed by atoms with Crippen LogP contribution >= 0.6 is 0 Å². The standard InChI is InChI=1S/2C18H13NO.3C17H11NO/c1-12-5-4-6-13(9-12)14-10-16-15-7-2-3-8-17(15)20-18(16)19-11-14;1-12-5-4-6-13(11-12)15-9-10-17-18(19-15)14-7-2-3-8-16(14)20-17;1-2-5-12(6-3-1)13-8-9-14-16(11-13)19-15-7-4-10-18-17(14)15;1-2-4-12(5-3-1)13-6-7-14-15-11-18-9-8-16(15)19-17(14)10-13;1-2-4-12(5-3-1)13-6-7-14-15-8-9-18-11-17(15)19-16(14)10-13/h2*2-11H,1H3;3*1-11H. The Morgan fingerprint density at radius 3 is 1.37 bits per heavy atom. The van der Waals surface area contributed by atoms with Gasteiger partial charge in [-0.15, -0.1) is 0 Å². The van der Waals surface area contributed by atoms with Crippen molar-refractivity contribution in [1.82, 2.24) is 24.9 Å². The Balaban J connectivity index is 0.0000000951. The summed E-state index contributed by atoms with van der Waals surface area (Å²) in [6.45, 7) is 4.19. The Morgan fingerprint density at radius 2 is 0.691 bits per heavy atom. The first kappa shape index (κ1) is 59.0. The number of nitrogens with zero attached hydrogens (tertiary/aromatic N) is 5. The molecule has 0 aliphatic carbocycles. The van der Waals surface area contributed by atoms with Crippen LogP contribution in [0.3, 0.4) is 0 Å². The van der Waals surface area contributed by atoms with Crippen LogP contribution in [0.4, 0.5) is 0 Å². The third-order valence-corrected chi connectivity index (χ3v) is 17.2. The number of benzene rings is 10. The molecule has 0 spiro atoms. The second-order valence-corrected chi connectivity index (χ2v) is 23.7. The molecule has 10 heteroatoms. The molecule has 10 nitrogen and oxygen atoms in total. The third-order valence-electron chi connectivity index (χ3n) is 17.2. The van der Waals surface area contributed by atoms with Gasteiger partial charge in [0, 0.05) is 85.2 Å². The molecule has 97 heavy (non-hydrogen) atoms. The average molecular weight is 1250 g/mol. The van der Waals surface area contributed by atoms with Gasteiger partial charge in [0.25, 0.3) is 0 Å². The van der Waals surface area contributed by atoms with Crippen molar-refractivity contribution in [2.75, 3.05) is 0 Å². The molecule has 0 fully saturated rings. The Bertz CT molecular complexity index is 5680. The van der Waals surface area contributed by atoms with Gasteiger partial charge in [0.2, 0.25) is 5.71 Å². The maximum absolute atomic E-state index is 5.87. The van der Waals surface area contributed by atoms with E-state index in [2.05, 4.69) is 185 Å². The van der Waals surface area contributed by atoms with Gasteiger partial charge in [0.1, 0.15) is 44.5 Å². The van der Waals surface area contributed by atoms with Crippen molar-refractivity contribution in [3.63, 3.8) is 0 Å². The SMILES string of the molecule is Cc1cccc(-c2ccc3oc4ccccc4c3n2)c1.Cc1cccc(-c2cnc3oc4ccccc4c3c2)c1.c1ccc(-c2ccc3c(c2)oc2cccnc23)cc1.c1ccc(-c2ccc3c(c2)oc2ccncc23)cc1.c1ccc(-c2ccc3c(c2)oc2cnccc23)cc1. The third kappa shape index (κ3) is 12.2. The number of rotatable bonds is 5. The molecule has 20 aromatic rings. The Labute approximate surface area is 557 Å². The van der Waals surface area contributed by atoms with E-state index in [0.29, 0.717) is 5.71 Å². The maximum Gasteiger partial charge on any atom is 0.227 e. The van der Waals surface area contributed by atoms with E-state index in [-0.39, 0.29) is 0 Å². The molecule has 0 saturated heterocycles. The minimum Gasteiger partial charge on any atom is -0.456 e. The summed E-state index contributed by atoms with van der Waals surface area (Å²) < 4.78 is 29.1. The molecule has 0 bridgehead atoms. The van der Waals surface area contributed by atoms with Gasteiger partial charge < -0.3 is 22.1 Å². The summed E-state index contributed by atoms with van der Waals surface area (Å²) in [6.07, 6.45) is 10.8. The van der Waals surface area contributed by atoms with Crippen LogP contribution in [0.5, 0.6) is 0 Å². The van der Waals surface area contributed by atoms with E-state index >= 15 is 0 Å². The number of fused-ring (bicyclic) bond motifs is 15. The molecule has 0 aliphatic heterocycles. The highest BCUT2D eigenvalue weighted by Crippen LogP contribution is 2.37. The average Bonchev–Trinajstić information content (AvgIpc) is 1.69. The first-order chi connectivity index (χ1) is 47.9. The second-order valence-electron chi connectivity index (χ2n) is 23.7. The highest BCUT2D eigenvalue weighted by Gasteiger charge is 2.14. The molecule has 462 valence electrons. The summed E-state index contributed by atoms with van der Waals surface area (Å²) in [5, 5.41) is 8.75. The summed E-state index contributed by atoms with van der Waals surface area (Å²) in [6, 6.07) is 96.7. The van der Waals surface area contributed by atoms with Gasteiger partial charge in [-0.2, -0.15) is 0 Å². The van der Waals surface area contributed by atoms with Crippen molar-refractivity contribution in [3.05, 3.63) is 333 Å². The zero-order valence-electron chi connectivity index (χ0n) is 52.9. The van der Waals surface area contributed by atoms with Gasteiger partial charge in [0.15, 0.2) is 16.7 Å². The predicted molar refractivity (Wildman–Crippen MR) is 394 cm³/mol. The Morgan fingerprint density at radius 1 is 0.227 bits per heavy atom. The fourth-order valence-electron chi connectivity index (χ4n) is 12.4. The van der Waals surface area contributed by atoms with E-state index in [1.165, 1.54) is 44.5 Å². The van der Waals surface area contributed by atoms with Crippen LogP contribution < -0.4 is 0 Å². The van der Waals surface area contributed by atoms with Crippen molar-refractivity contribution >= 4 is 110 Å². The van der Waals surface area contributed by atoms with E-state index in [1.807, 2.05) is 146 Å². The number of para-hydroxylation sites is 2. The molecule has 0 unspecified atom stereocenters. The number of aryl methyl sites for hydroxylation is 2. The summed E-state index contributed by atoms with van der Waals surface area (Å²) in [5.74, 6) is 0. The van der Waals surface area contributed by atoms with E-state index in [1.54, 1.807) is 24.8 Å². The zero-order chi connectivity index (χ0) is 65.0. The van der Waals surface area contributed by atoms with Crippen LogP contribution in [0.25, 0.3) is 166 Å². The summed E-state index contributed by atoms with van der Waals surface area (Å²) >= 11 is 0. The molecule has 0 N–H and O–H groups in total. The molecule has 10 aromatic carbocycles. The van der Waals surface area contributed by atoms with Crippen LogP contribution in [-0.4, -0.2) is 24.9 Å². The summed E-state index contributed by atoms with van der Waals surface area (Å²) in [5.41, 5.74) is 24.4.